The Morgan fingerprint density at radius 3 is 2.39 bits per heavy atom. The lowest BCUT2D eigenvalue weighted by molar-refractivity contribution is 0.174. The van der Waals surface area contributed by atoms with Gasteiger partial charge in [-0.15, -0.1) is 0 Å². The second-order valence-corrected chi connectivity index (χ2v) is 7.34. The number of hydrogen-bond acceptors (Lipinski definition) is 2. The number of benzene rings is 3. The van der Waals surface area contributed by atoms with Crippen molar-refractivity contribution in [3.63, 3.8) is 0 Å². The molecule has 142 valence electrons. The van der Waals surface area contributed by atoms with Crippen molar-refractivity contribution in [1.29, 1.82) is 0 Å². The van der Waals surface area contributed by atoms with E-state index in [9.17, 15) is 5.11 Å². The van der Waals surface area contributed by atoms with Crippen LogP contribution in [0.1, 0.15) is 28.4 Å². The van der Waals surface area contributed by atoms with Crippen molar-refractivity contribution >= 4 is 10.9 Å². The number of aryl methyl sites for hydroxylation is 1. The first-order chi connectivity index (χ1) is 13.7. The fraction of sp³-hybridized carbons (Fsp3) is 0.200. The largest absolute Gasteiger partial charge is 0.387 e. The molecule has 3 nitrogen and oxygen atoms in total. The Balaban J connectivity index is 1.49. The van der Waals surface area contributed by atoms with Gasteiger partial charge in [0.1, 0.15) is 0 Å². The molecule has 4 rings (SSSR count). The van der Waals surface area contributed by atoms with Crippen LogP contribution in [0.25, 0.3) is 10.9 Å². The molecular formula is C25H26N2O. The van der Waals surface area contributed by atoms with E-state index in [1.165, 1.54) is 27.6 Å². The molecule has 0 bridgehead atoms. The summed E-state index contributed by atoms with van der Waals surface area (Å²) in [5.74, 6) is 0. The maximum atomic E-state index is 10.4. The van der Waals surface area contributed by atoms with E-state index in [-0.39, 0.29) is 0 Å². The van der Waals surface area contributed by atoms with Gasteiger partial charge in [-0.1, -0.05) is 78.4 Å². The molecule has 1 heterocycles. The van der Waals surface area contributed by atoms with E-state index in [4.69, 9.17) is 0 Å². The molecule has 1 aromatic heterocycles. The molecule has 0 spiro atoms. The lowest BCUT2D eigenvalue weighted by Crippen LogP contribution is -2.20. The zero-order valence-corrected chi connectivity index (χ0v) is 16.2. The van der Waals surface area contributed by atoms with Crippen LogP contribution >= 0.6 is 0 Å². The van der Waals surface area contributed by atoms with Gasteiger partial charge in [0.05, 0.1) is 6.10 Å². The van der Waals surface area contributed by atoms with E-state index in [1.807, 2.05) is 30.3 Å². The topological polar surface area (TPSA) is 37.2 Å². The first kappa shape index (κ1) is 18.5. The second kappa shape index (κ2) is 8.42. The normalized spacial score (nSPS) is 12.4. The smallest absolute Gasteiger partial charge is 0.0914 e. The van der Waals surface area contributed by atoms with E-state index < -0.39 is 6.10 Å². The number of fused-ring (bicyclic) bond motifs is 1. The van der Waals surface area contributed by atoms with Crippen LogP contribution in [0.15, 0.2) is 85.1 Å². The minimum absolute atomic E-state index is 0.498. The molecule has 0 aliphatic carbocycles. The number of rotatable bonds is 7. The highest BCUT2D eigenvalue weighted by atomic mass is 16.3. The maximum Gasteiger partial charge on any atom is 0.0914 e. The van der Waals surface area contributed by atoms with Gasteiger partial charge in [0.15, 0.2) is 0 Å². The summed E-state index contributed by atoms with van der Waals surface area (Å²) in [6.07, 6.45) is 1.73. The molecule has 0 aliphatic rings. The highest BCUT2D eigenvalue weighted by Crippen LogP contribution is 2.23. The third-order valence-electron chi connectivity index (χ3n) is 5.18. The Kier molecular flexibility index (Phi) is 5.56. The van der Waals surface area contributed by atoms with Crippen molar-refractivity contribution in [2.24, 2.45) is 0 Å². The van der Waals surface area contributed by atoms with Crippen LogP contribution in [0.5, 0.6) is 0 Å². The minimum atomic E-state index is -0.498. The standard InChI is InChI=1S/C25H26N2O/c1-19-11-13-20(14-12-19)17-27-18-22(23-9-5-6-10-24(23)27)15-26-16-25(28)21-7-3-2-4-8-21/h2-14,18,25-26,28H,15-17H2,1H3/t25-/m1/s1. The molecule has 0 saturated heterocycles. The summed E-state index contributed by atoms with van der Waals surface area (Å²) in [4.78, 5) is 0. The fourth-order valence-electron chi connectivity index (χ4n) is 3.62. The Bertz CT molecular complexity index is 1040. The Labute approximate surface area is 166 Å². The number of hydrogen-bond donors (Lipinski definition) is 2. The summed E-state index contributed by atoms with van der Waals surface area (Å²) in [6.45, 7) is 4.22. The van der Waals surface area contributed by atoms with Crippen LogP contribution in [0.2, 0.25) is 0 Å². The highest BCUT2D eigenvalue weighted by Gasteiger charge is 2.10. The van der Waals surface area contributed by atoms with Gasteiger partial charge in [0.25, 0.3) is 0 Å². The highest BCUT2D eigenvalue weighted by molar-refractivity contribution is 5.84. The maximum absolute atomic E-state index is 10.4. The molecule has 0 radical (unpaired) electrons. The van der Waals surface area contributed by atoms with Crippen molar-refractivity contribution in [1.82, 2.24) is 9.88 Å². The lowest BCUT2D eigenvalue weighted by Gasteiger charge is -2.11. The van der Waals surface area contributed by atoms with Gasteiger partial charge in [-0.05, 0) is 29.7 Å². The number of aliphatic hydroxyl groups is 1. The van der Waals surface area contributed by atoms with Gasteiger partial charge >= 0.3 is 0 Å². The summed E-state index contributed by atoms with van der Waals surface area (Å²) < 4.78 is 2.31. The molecule has 1 atom stereocenters. The average Bonchev–Trinajstić information content (AvgIpc) is 3.08. The van der Waals surface area contributed by atoms with Crippen molar-refractivity contribution in [2.75, 3.05) is 6.54 Å². The van der Waals surface area contributed by atoms with Gasteiger partial charge in [0.2, 0.25) is 0 Å². The monoisotopic (exact) mass is 370 g/mol. The minimum Gasteiger partial charge on any atom is -0.387 e. The summed E-state index contributed by atoms with van der Waals surface area (Å²) >= 11 is 0. The zero-order valence-electron chi connectivity index (χ0n) is 16.2. The molecule has 0 amide bonds. The van der Waals surface area contributed by atoms with E-state index in [0.717, 1.165) is 18.7 Å². The second-order valence-electron chi connectivity index (χ2n) is 7.34. The van der Waals surface area contributed by atoms with Gasteiger partial charge in [0, 0.05) is 36.7 Å². The van der Waals surface area contributed by atoms with Crippen LogP contribution < -0.4 is 5.32 Å². The first-order valence-electron chi connectivity index (χ1n) is 9.77. The SMILES string of the molecule is Cc1ccc(Cn2cc(CNC[C@@H](O)c3ccccc3)c3ccccc32)cc1. The predicted octanol–water partition coefficient (Wildman–Crippen LogP) is 4.82. The van der Waals surface area contributed by atoms with Crippen molar-refractivity contribution < 1.29 is 5.11 Å². The van der Waals surface area contributed by atoms with Gasteiger partial charge in [-0.3, -0.25) is 0 Å². The number of nitrogens with zero attached hydrogens (tertiary/aromatic N) is 1. The van der Waals surface area contributed by atoms with Crippen LogP contribution in [-0.4, -0.2) is 16.2 Å². The van der Waals surface area contributed by atoms with Crippen LogP contribution in [0.3, 0.4) is 0 Å². The molecule has 3 aromatic carbocycles. The first-order valence-corrected chi connectivity index (χ1v) is 9.77. The number of para-hydroxylation sites is 1. The van der Waals surface area contributed by atoms with Crippen LogP contribution in [0, 0.1) is 6.92 Å². The van der Waals surface area contributed by atoms with Crippen LogP contribution in [0.4, 0.5) is 0 Å². The van der Waals surface area contributed by atoms with E-state index in [0.29, 0.717) is 6.54 Å². The summed E-state index contributed by atoms with van der Waals surface area (Å²) in [7, 11) is 0. The molecule has 0 unspecified atom stereocenters. The zero-order chi connectivity index (χ0) is 19.3. The molecule has 0 aliphatic heterocycles. The van der Waals surface area contributed by atoms with Crippen molar-refractivity contribution in [3.05, 3.63) is 107 Å². The third kappa shape index (κ3) is 4.16. The van der Waals surface area contributed by atoms with Gasteiger partial charge in [-0.2, -0.15) is 0 Å². The van der Waals surface area contributed by atoms with Gasteiger partial charge in [-0.25, -0.2) is 0 Å². The van der Waals surface area contributed by atoms with E-state index in [1.54, 1.807) is 0 Å². The Morgan fingerprint density at radius 2 is 1.61 bits per heavy atom. The number of aliphatic hydroxyl groups excluding tert-OH is 1. The van der Waals surface area contributed by atoms with E-state index in [2.05, 4.69) is 71.5 Å². The molecule has 2 N–H and O–H groups in total. The molecular weight excluding hydrogens is 344 g/mol. The molecule has 28 heavy (non-hydrogen) atoms. The summed E-state index contributed by atoms with van der Waals surface area (Å²) in [5.41, 5.74) is 6.01. The van der Waals surface area contributed by atoms with Crippen molar-refractivity contribution in [2.45, 2.75) is 26.1 Å². The Hall–Kier alpha value is -2.88. The lowest BCUT2D eigenvalue weighted by atomic mass is 10.1. The molecule has 4 aromatic rings. The quantitative estimate of drug-likeness (QED) is 0.489. The number of aromatic nitrogens is 1. The fourth-order valence-corrected chi connectivity index (χ4v) is 3.62. The van der Waals surface area contributed by atoms with Crippen LogP contribution in [-0.2, 0) is 13.1 Å². The van der Waals surface area contributed by atoms with E-state index >= 15 is 0 Å². The molecule has 3 heteroatoms. The number of nitrogens with one attached hydrogen (secondary N) is 1. The third-order valence-corrected chi connectivity index (χ3v) is 5.18. The molecule has 0 saturated carbocycles. The average molecular weight is 370 g/mol. The van der Waals surface area contributed by atoms with Gasteiger partial charge < -0.3 is 15.0 Å². The predicted molar refractivity (Wildman–Crippen MR) is 115 cm³/mol. The molecule has 0 fully saturated rings. The summed E-state index contributed by atoms with van der Waals surface area (Å²) in [5, 5.41) is 15.0. The summed E-state index contributed by atoms with van der Waals surface area (Å²) in [6, 6.07) is 27.0. The Morgan fingerprint density at radius 1 is 0.893 bits per heavy atom. The van der Waals surface area contributed by atoms with Crippen molar-refractivity contribution in [3.8, 4) is 0 Å².